The molecule has 3 aromatic rings. The molecule has 0 saturated heterocycles. The van der Waals surface area contributed by atoms with Crippen molar-refractivity contribution in [3.8, 4) is 0 Å². The number of aromatic nitrogens is 2. The van der Waals surface area contributed by atoms with Crippen molar-refractivity contribution in [3.63, 3.8) is 0 Å². The number of hydrogen-bond acceptors (Lipinski definition) is 6. The topological polar surface area (TPSA) is 68.0 Å². The molecule has 0 atom stereocenters. The molecule has 0 unspecified atom stereocenters. The summed E-state index contributed by atoms with van der Waals surface area (Å²) in [5, 5.41) is 11.3. The number of thioether (sulfide) groups is 1. The summed E-state index contributed by atoms with van der Waals surface area (Å²) in [6.07, 6.45) is 4.56. The van der Waals surface area contributed by atoms with Crippen molar-refractivity contribution in [3.05, 3.63) is 65.6 Å². The highest BCUT2D eigenvalue weighted by molar-refractivity contribution is 8.00. The SMILES string of the molecule is Cc1cccc(CSc2nnc(NC(=O)/C=C/c3ccco3)s2)c1. The number of furan rings is 1. The van der Waals surface area contributed by atoms with Crippen LogP contribution in [-0.2, 0) is 10.5 Å². The van der Waals surface area contributed by atoms with Gasteiger partial charge in [-0.25, -0.2) is 0 Å². The summed E-state index contributed by atoms with van der Waals surface area (Å²) >= 11 is 2.96. The van der Waals surface area contributed by atoms with Crippen LogP contribution in [0.2, 0.25) is 0 Å². The minimum Gasteiger partial charge on any atom is -0.465 e. The number of aryl methyl sites for hydroxylation is 1. The molecular formula is C17H15N3O2S2. The molecule has 0 aliphatic heterocycles. The van der Waals surface area contributed by atoms with Gasteiger partial charge in [0.05, 0.1) is 6.26 Å². The predicted molar refractivity (Wildman–Crippen MR) is 97.0 cm³/mol. The van der Waals surface area contributed by atoms with Crippen molar-refractivity contribution < 1.29 is 9.21 Å². The van der Waals surface area contributed by atoms with E-state index in [1.807, 2.05) is 6.07 Å². The van der Waals surface area contributed by atoms with Gasteiger partial charge in [-0.05, 0) is 30.7 Å². The quantitative estimate of drug-likeness (QED) is 0.403. The van der Waals surface area contributed by atoms with Gasteiger partial charge in [-0.15, -0.1) is 10.2 Å². The number of anilines is 1. The number of amides is 1. The lowest BCUT2D eigenvalue weighted by Crippen LogP contribution is -2.07. The fraction of sp³-hybridized carbons (Fsp3) is 0.118. The third-order valence-electron chi connectivity index (χ3n) is 3.02. The number of carbonyl (C=O) groups excluding carboxylic acids is 1. The number of nitrogens with one attached hydrogen (secondary N) is 1. The first-order valence-electron chi connectivity index (χ1n) is 7.23. The van der Waals surface area contributed by atoms with Crippen LogP contribution in [0.1, 0.15) is 16.9 Å². The zero-order valence-corrected chi connectivity index (χ0v) is 14.6. The van der Waals surface area contributed by atoms with Crippen molar-refractivity contribution in [2.75, 3.05) is 5.32 Å². The predicted octanol–water partition coefficient (Wildman–Crippen LogP) is 4.38. The fourth-order valence-corrected chi connectivity index (χ4v) is 3.65. The minimum absolute atomic E-state index is 0.266. The third kappa shape index (κ3) is 4.81. The average molecular weight is 357 g/mol. The zero-order valence-electron chi connectivity index (χ0n) is 12.9. The van der Waals surface area contributed by atoms with Gasteiger partial charge < -0.3 is 4.42 Å². The molecule has 0 radical (unpaired) electrons. The van der Waals surface area contributed by atoms with Gasteiger partial charge in [0.15, 0.2) is 4.34 Å². The maximum Gasteiger partial charge on any atom is 0.250 e. The summed E-state index contributed by atoms with van der Waals surface area (Å²) in [6, 6.07) is 11.9. The van der Waals surface area contributed by atoms with Crippen molar-refractivity contribution in [2.45, 2.75) is 17.0 Å². The molecule has 122 valence electrons. The maximum absolute atomic E-state index is 11.8. The lowest BCUT2D eigenvalue weighted by atomic mass is 10.2. The summed E-state index contributed by atoms with van der Waals surface area (Å²) < 4.78 is 5.95. The van der Waals surface area contributed by atoms with Crippen LogP contribution < -0.4 is 5.32 Å². The second-order valence-electron chi connectivity index (χ2n) is 4.99. The molecule has 5 nitrogen and oxygen atoms in total. The zero-order chi connectivity index (χ0) is 16.8. The van der Waals surface area contributed by atoms with Gasteiger partial charge in [0.25, 0.3) is 0 Å². The summed E-state index contributed by atoms with van der Waals surface area (Å²) in [4.78, 5) is 11.8. The number of benzene rings is 1. The van der Waals surface area contributed by atoms with E-state index in [1.165, 1.54) is 28.5 Å². The van der Waals surface area contributed by atoms with E-state index in [4.69, 9.17) is 4.42 Å². The van der Waals surface area contributed by atoms with E-state index < -0.39 is 0 Å². The molecule has 1 N–H and O–H groups in total. The van der Waals surface area contributed by atoms with E-state index in [-0.39, 0.29) is 5.91 Å². The molecule has 2 aromatic heterocycles. The summed E-state index contributed by atoms with van der Waals surface area (Å²) in [6.45, 7) is 2.07. The van der Waals surface area contributed by atoms with Gasteiger partial charge in [-0.3, -0.25) is 10.1 Å². The Morgan fingerprint density at radius 3 is 3.04 bits per heavy atom. The molecule has 1 aromatic carbocycles. The lowest BCUT2D eigenvalue weighted by Gasteiger charge is -1.99. The fourth-order valence-electron chi connectivity index (χ4n) is 1.96. The number of rotatable bonds is 6. The van der Waals surface area contributed by atoms with Crippen LogP contribution in [0.3, 0.4) is 0 Å². The molecular weight excluding hydrogens is 342 g/mol. The van der Waals surface area contributed by atoms with Gasteiger partial charge in [0, 0.05) is 11.8 Å². The van der Waals surface area contributed by atoms with E-state index in [2.05, 4.69) is 40.6 Å². The first-order chi connectivity index (χ1) is 11.7. The van der Waals surface area contributed by atoms with E-state index >= 15 is 0 Å². The van der Waals surface area contributed by atoms with Crippen LogP contribution in [0.4, 0.5) is 5.13 Å². The first kappa shape index (κ1) is 16.5. The Labute approximate surface area is 147 Å². The molecule has 0 saturated carbocycles. The van der Waals surface area contributed by atoms with Crippen LogP contribution in [0.25, 0.3) is 6.08 Å². The van der Waals surface area contributed by atoms with E-state index in [0.717, 1.165) is 10.1 Å². The van der Waals surface area contributed by atoms with Gasteiger partial charge in [-0.2, -0.15) is 0 Å². The largest absolute Gasteiger partial charge is 0.465 e. The highest BCUT2D eigenvalue weighted by Crippen LogP contribution is 2.28. The molecule has 0 spiro atoms. The van der Waals surface area contributed by atoms with Crippen LogP contribution in [-0.4, -0.2) is 16.1 Å². The highest BCUT2D eigenvalue weighted by atomic mass is 32.2. The molecule has 3 rings (SSSR count). The molecule has 0 bridgehead atoms. The first-order valence-corrected chi connectivity index (χ1v) is 9.04. The van der Waals surface area contributed by atoms with Crippen LogP contribution >= 0.6 is 23.1 Å². The van der Waals surface area contributed by atoms with Crippen molar-refractivity contribution in [1.82, 2.24) is 10.2 Å². The second kappa shape index (κ2) is 7.94. The van der Waals surface area contributed by atoms with Crippen LogP contribution in [0.15, 0.2) is 57.5 Å². The summed E-state index contributed by atoms with van der Waals surface area (Å²) in [5.74, 6) is 1.18. The summed E-state index contributed by atoms with van der Waals surface area (Å²) in [7, 11) is 0. The van der Waals surface area contributed by atoms with Crippen molar-refractivity contribution >= 4 is 40.2 Å². The highest BCUT2D eigenvalue weighted by Gasteiger charge is 2.07. The van der Waals surface area contributed by atoms with Crippen LogP contribution in [0, 0.1) is 6.92 Å². The van der Waals surface area contributed by atoms with E-state index in [9.17, 15) is 4.79 Å². The Bertz CT molecular complexity index is 841. The van der Waals surface area contributed by atoms with E-state index in [1.54, 1.807) is 36.2 Å². The van der Waals surface area contributed by atoms with Crippen molar-refractivity contribution in [1.29, 1.82) is 0 Å². The second-order valence-corrected chi connectivity index (χ2v) is 7.19. The average Bonchev–Trinajstić information content (AvgIpc) is 3.23. The van der Waals surface area contributed by atoms with Gasteiger partial charge in [-0.1, -0.05) is 52.9 Å². The van der Waals surface area contributed by atoms with Gasteiger partial charge >= 0.3 is 0 Å². The van der Waals surface area contributed by atoms with Crippen LogP contribution in [0.5, 0.6) is 0 Å². The molecule has 7 heteroatoms. The van der Waals surface area contributed by atoms with Crippen molar-refractivity contribution in [2.24, 2.45) is 0 Å². The molecule has 24 heavy (non-hydrogen) atoms. The standard InChI is InChI=1S/C17H15N3O2S2/c1-12-4-2-5-13(10-12)11-23-17-20-19-16(24-17)18-15(21)8-7-14-6-3-9-22-14/h2-10H,11H2,1H3,(H,18,19,21)/b8-7+. The summed E-state index contributed by atoms with van der Waals surface area (Å²) in [5.41, 5.74) is 2.48. The Hall–Kier alpha value is -2.38. The van der Waals surface area contributed by atoms with Gasteiger partial charge in [0.2, 0.25) is 11.0 Å². The molecule has 0 aliphatic carbocycles. The third-order valence-corrected chi connectivity index (χ3v) is 5.07. The Kier molecular flexibility index (Phi) is 5.45. The smallest absolute Gasteiger partial charge is 0.250 e. The monoisotopic (exact) mass is 357 g/mol. The Morgan fingerprint density at radius 2 is 2.25 bits per heavy atom. The Morgan fingerprint density at radius 1 is 1.33 bits per heavy atom. The number of nitrogens with zero attached hydrogens (tertiary/aromatic N) is 2. The molecule has 0 aliphatic rings. The number of hydrogen-bond donors (Lipinski definition) is 1. The van der Waals surface area contributed by atoms with Gasteiger partial charge in [0.1, 0.15) is 5.76 Å². The molecule has 0 fully saturated rings. The maximum atomic E-state index is 11.8. The minimum atomic E-state index is -0.266. The lowest BCUT2D eigenvalue weighted by molar-refractivity contribution is -0.111. The Balaban J connectivity index is 1.52. The normalized spacial score (nSPS) is 11.0. The molecule has 2 heterocycles. The van der Waals surface area contributed by atoms with E-state index in [0.29, 0.717) is 10.9 Å². The number of carbonyl (C=O) groups is 1. The molecule has 1 amide bonds.